The van der Waals surface area contributed by atoms with Crippen LogP contribution in [0.15, 0.2) is 23.1 Å². The van der Waals surface area contributed by atoms with Crippen LogP contribution in [0.1, 0.15) is 50.7 Å². The van der Waals surface area contributed by atoms with Crippen molar-refractivity contribution in [3.05, 3.63) is 29.3 Å². The third kappa shape index (κ3) is 3.55. The summed E-state index contributed by atoms with van der Waals surface area (Å²) >= 11 is 0. The maximum absolute atomic E-state index is 12.9. The van der Waals surface area contributed by atoms with E-state index in [2.05, 4.69) is 0 Å². The fourth-order valence-corrected chi connectivity index (χ4v) is 6.03. The predicted molar refractivity (Wildman–Crippen MR) is 102 cm³/mol. The summed E-state index contributed by atoms with van der Waals surface area (Å²) in [6.45, 7) is 6.32. The number of carbonyl (C=O) groups excluding carboxylic acids is 2. The van der Waals surface area contributed by atoms with Gasteiger partial charge in [0.1, 0.15) is 0 Å². The van der Waals surface area contributed by atoms with Crippen molar-refractivity contribution >= 4 is 21.8 Å². The largest absolute Gasteiger partial charge is 0.278 e. The minimum atomic E-state index is -3.59. The lowest BCUT2D eigenvalue weighted by Gasteiger charge is -2.21. The number of hydrogen-bond donors (Lipinski definition) is 0. The molecule has 0 N–H and O–H groups in total. The summed E-state index contributed by atoms with van der Waals surface area (Å²) in [6, 6.07) is 5.18. The molecule has 3 rings (SSSR count). The van der Waals surface area contributed by atoms with E-state index in [1.165, 1.54) is 9.21 Å². The van der Waals surface area contributed by atoms with Crippen molar-refractivity contribution < 1.29 is 18.0 Å². The van der Waals surface area contributed by atoms with Crippen molar-refractivity contribution in [3.8, 4) is 0 Å². The van der Waals surface area contributed by atoms with E-state index in [1.807, 2.05) is 13.8 Å². The SMILES string of the molecule is CCN(CC)S(=O)(=O)c1cc(CN2C(=O)[C@@H]3CCCC[C@H]3C2=O)ccc1C. The van der Waals surface area contributed by atoms with Gasteiger partial charge in [-0.3, -0.25) is 14.5 Å². The first-order valence-electron chi connectivity index (χ1n) is 9.76. The van der Waals surface area contributed by atoms with Crippen molar-refractivity contribution in [1.82, 2.24) is 9.21 Å². The number of hydrogen-bond acceptors (Lipinski definition) is 4. The highest BCUT2D eigenvalue weighted by Crippen LogP contribution is 2.38. The van der Waals surface area contributed by atoms with Gasteiger partial charge in [0.05, 0.1) is 23.3 Å². The zero-order chi connectivity index (χ0) is 19.8. The summed E-state index contributed by atoms with van der Waals surface area (Å²) in [5, 5.41) is 0. The van der Waals surface area contributed by atoms with Gasteiger partial charge in [0, 0.05) is 13.1 Å². The van der Waals surface area contributed by atoms with Gasteiger partial charge in [-0.15, -0.1) is 0 Å². The van der Waals surface area contributed by atoms with Crippen LogP contribution in [0, 0.1) is 18.8 Å². The Hall–Kier alpha value is -1.73. The third-order valence-corrected chi connectivity index (χ3v) is 8.04. The summed E-state index contributed by atoms with van der Waals surface area (Å²) in [5.74, 6) is -0.567. The number of amides is 2. The normalized spacial score (nSPS) is 23.2. The first-order chi connectivity index (χ1) is 12.8. The van der Waals surface area contributed by atoms with E-state index < -0.39 is 10.0 Å². The van der Waals surface area contributed by atoms with Gasteiger partial charge in [-0.25, -0.2) is 8.42 Å². The molecule has 1 heterocycles. The number of benzene rings is 1. The van der Waals surface area contributed by atoms with Crippen LogP contribution < -0.4 is 0 Å². The van der Waals surface area contributed by atoms with E-state index in [0.29, 0.717) is 24.2 Å². The Morgan fingerprint density at radius 2 is 1.59 bits per heavy atom. The second-order valence-corrected chi connectivity index (χ2v) is 9.36. The van der Waals surface area contributed by atoms with E-state index in [9.17, 15) is 18.0 Å². The molecule has 1 aliphatic heterocycles. The van der Waals surface area contributed by atoms with Crippen LogP contribution in [0.2, 0.25) is 0 Å². The zero-order valence-corrected chi connectivity index (χ0v) is 17.1. The Kier molecular flexibility index (Phi) is 5.72. The molecule has 0 aromatic heterocycles. The molecule has 2 amide bonds. The van der Waals surface area contributed by atoms with Crippen LogP contribution in [-0.2, 0) is 26.2 Å². The molecule has 1 saturated heterocycles. The predicted octanol–water partition coefficient (Wildman–Crippen LogP) is 2.70. The quantitative estimate of drug-likeness (QED) is 0.698. The van der Waals surface area contributed by atoms with E-state index in [0.717, 1.165) is 25.7 Å². The highest BCUT2D eigenvalue weighted by Gasteiger charge is 2.47. The first-order valence-corrected chi connectivity index (χ1v) is 11.2. The number of aryl methyl sites for hydroxylation is 1. The van der Waals surface area contributed by atoms with E-state index >= 15 is 0 Å². The smallest absolute Gasteiger partial charge is 0.243 e. The van der Waals surface area contributed by atoms with Crippen molar-refractivity contribution in [2.45, 2.75) is 57.9 Å². The van der Waals surface area contributed by atoms with Gasteiger partial charge in [-0.1, -0.05) is 38.8 Å². The number of carbonyl (C=O) groups is 2. The number of imide groups is 1. The maximum Gasteiger partial charge on any atom is 0.243 e. The van der Waals surface area contributed by atoms with Gasteiger partial charge >= 0.3 is 0 Å². The standard InChI is InChI=1S/C20H28N2O4S/c1-4-21(5-2)27(25,26)18-12-15(11-10-14(18)3)13-22-19(23)16-8-6-7-9-17(16)20(22)24/h10-12,16-17H,4-9,13H2,1-3H3/t16-,17-/m1/s1. The van der Waals surface area contributed by atoms with Crippen molar-refractivity contribution in [1.29, 1.82) is 0 Å². The second-order valence-electron chi connectivity index (χ2n) is 7.45. The molecule has 0 bridgehead atoms. The molecule has 7 heteroatoms. The van der Waals surface area contributed by atoms with Crippen LogP contribution in [0.5, 0.6) is 0 Å². The summed E-state index contributed by atoms with van der Waals surface area (Å²) < 4.78 is 27.3. The molecule has 2 aliphatic rings. The number of fused-ring (bicyclic) bond motifs is 1. The molecule has 6 nitrogen and oxygen atoms in total. The van der Waals surface area contributed by atoms with Crippen molar-refractivity contribution in [2.75, 3.05) is 13.1 Å². The Morgan fingerprint density at radius 3 is 2.11 bits per heavy atom. The lowest BCUT2D eigenvalue weighted by Crippen LogP contribution is -2.32. The second kappa shape index (κ2) is 7.72. The van der Waals surface area contributed by atoms with E-state index in [1.54, 1.807) is 25.1 Å². The Labute approximate surface area is 161 Å². The molecule has 27 heavy (non-hydrogen) atoms. The van der Waals surface area contributed by atoms with Crippen molar-refractivity contribution in [2.24, 2.45) is 11.8 Å². The molecule has 2 fully saturated rings. The molecule has 2 atom stereocenters. The Morgan fingerprint density at radius 1 is 1.04 bits per heavy atom. The van der Waals surface area contributed by atoms with Crippen LogP contribution in [0.25, 0.3) is 0 Å². The molecular formula is C20H28N2O4S. The molecule has 1 aromatic carbocycles. The van der Waals surface area contributed by atoms with Gasteiger partial charge in [0.2, 0.25) is 21.8 Å². The zero-order valence-electron chi connectivity index (χ0n) is 16.3. The number of sulfonamides is 1. The van der Waals surface area contributed by atoms with Gasteiger partial charge in [-0.05, 0) is 37.0 Å². The topological polar surface area (TPSA) is 74.8 Å². The Bertz CT molecular complexity index is 822. The number of rotatable bonds is 6. The van der Waals surface area contributed by atoms with Crippen LogP contribution in [-0.4, -0.2) is 42.5 Å². The monoisotopic (exact) mass is 392 g/mol. The molecule has 0 radical (unpaired) electrons. The average molecular weight is 393 g/mol. The summed E-state index contributed by atoms with van der Waals surface area (Å²) in [7, 11) is -3.59. The van der Waals surface area contributed by atoms with Crippen LogP contribution in [0.3, 0.4) is 0 Å². The summed E-state index contributed by atoms with van der Waals surface area (Å²) in [6.07, 6.45) is 3.54. The lowest BCUT2D eigenvalue weighted by atomic mass is 9.81. The number of likely N-dealkylation sites (tertiary alicyclic amines) is 1. The minimum absolute atomic E-state index is 0.0987. The van der Waals surface area contributed by atoms with E-state index in [-0.39, 0.29) is 35.1 Å². The minimum Gasteiger partial charge on any atom is -0.278 e. The van der Waals surface area contributed by atoms with Gasteiger partial charge in [0.25, 0.3) is 0 Å². The van der Waals surface area contributed by atoms with Gasteiger partial charge in [-0.2, -0.15) is 4.31 Å². The van der Waals surface area contributed by atoms with E-state index in [4.69, 9.17) is 0 Å². The number of nitrogens with zero attached hydrogens (tertiary/aromatic N) is 2. The highest BCUT2D eigenvalue weighted by molar-refractivity contribution is 7.89. The summed E-state index contributed by atoms with van der Waals surface area (Å²) in [4.78, 5) is 26.9. The molecule has 0 spiro atoms. The molecule has 148 valence electrons. The molecule has 1 saturated carbocycles. The lowest BCUT2D eigenvalue weighted by molar-refractivity contribution is -0.140. The molecule has 1 aliphatic carbocycles. The first kappa shape index (κ1) is 20.0. The van der Waals surface area contributed by atoms with Crippen LogP contribution in [0.4, 0.5) is 0 Å². The van der Waals surface area contributed by atoms with Crippen molar-refractivity contribution in [3.63, 3.8) is 0 Å². The maximum atomic E-state index is 12.9. The third-order valence-electron chi connectivity index (χ3n) is 5.85. The highest BCUT2D eigenvalue weighted by atomic mass is 32.2. The van der Waals surface area contributed by atoms with Gasteiger partial charge in [0.15, 0.2) is 0 Å². The molecular weight excluding hydrogens is 364 g/mol. The fraction of sp³-hybridized carbons (Fsp3) is 0.600. The fourth-order valence-electron chi connectivity index (χ4n) is 4.29. The Balaban J connectivity index is 1.89. The molecule has 1 aromatic rings. The van der Waals surface area contributed by atoms with Gasteiger partial charge < -0.3 is 0 Å². The van der Waals surface area contributed by atoms with Crippen LogP contribution >= 0.6 is 0 Å². The average Bonchev–Trinajstić information content (AvgIpc) is 2.89. The molecule has 0 unspecified atom stereocenters. The summed E-state index contributed by atoms with van der Waals surface area (Å²) in [5.41, 5.74) is 1.34.